The standard InChI is InChI=1S/C10H9BrF3N3/c11-6-1-2-8(7(5-6)10(12,13)14)17-9-15-3-4-16-9/h1-2,5H,3-4H2,(H2,15,16,17). The fourth-order valence-corrected chi connectivity index (χ4v) is 1.83. The van der Waals surface area contributed by atoms with Crippen molar-refractivity contribution in [2.45, 2.75) is 6.18 Å². The van der Waals surface area contributed by atoms with E-state index in [-0.39, 0.29) is 5.69 Å². The first kappa shape index (κ1) is 12.2. The minimum Gasteiger partial charge on any atom is -0.354 e. The van der Waals surface area contributed by atoms with Crippen molar-refractivity contribution < 1.29 is 13.2 Å². The molecule has 0 unspecified atom stereocenters. The Morgan fingerprint density at radius 1 is 1.35 bits per heavy atom. The van der Waals surface area contributed by atoms with Crippen LogP contribution in [-0.4, -0.2) is 19.0 Å². The summed E-state index contributed by atoms with van der Waals surface area (Å²) in [5.74, 6) is 0.373. The number of hydrogen-bond donors (Lipinski definition) is 2. The Morgan fingerprint density at radius 3 is 2.71 bits per heavy atom. The molecule has 1 aliphatic heterocycles. The highest BCUT2D eigenvalue weighted by Crippen LogP contribution is 2.36. The molecule has 0 spiro atoms. The van der Waals surface area contributed by atoms with Crippen molar-refractivity contribution in [3.8, 4) is 0 Å². The predicted octanol–water partition coefficient (Wildman–Crippen LogP) is 2.84. The van der Waals surface area contributed by atoms with Crippen LogP contribution in [0.2, 0.25) is 0 Å². The van der Waals surface area contributed by atoms with Crippen molar-refractivity contribution in [2.75, 3.05) is 18.4 Å². The summed E-state index contributed by atoms with van der Waals surface area (Å²) in [5.41, 5.74) is -0.725. The second-order valence-electron chi connectivity index (χ2n) is 3.47. The second-order valence-corrected chi connectivity index (χ2v) is 4.39. The normalized spacial score (nSPS) is 15.4. The molecule has 3 nitrogen and oxygen atoms in total. The number of nitrogens with one attached hydrogen (secondary N) is 2. The largest absolute Gasteiger partial charge is 0.418 e. The lowest BCUT2D eigenvalue weighted by Crippen LogP contribution is -2.27. The SMILES string of the molecule is FC(F)(F)c1cc(Br)ccc1NC1=NCCN1. The van der Waals surface area contributed by atoms with E-state index in [1.165, 1.54) is 6.07 Å². The lowest BCUT2D eigenvalue weighted by molar-refractivity contribution is -0.136. The predicted molar refractivity (Wildman–Crippen MR) is 63.1 cm³/mol. The molecule has 0 aromatic heterocycles. The molecule has 1 aromatic rings. The van der Waals surface area contributed by atoms with Gasteiger partial charge in [-0.2, -0.15) is 13.2 Å². The number of guanidine groups is 1. The fraction of sp³-hybridized carbons (Fsp3) is 0.300. The maximum Gasteiger partial charge on any atom is 0.418 e. The van der Waals surface area contributed by atoms with Crippen LogP contribution < -0.4 is 10.6 Å². The van der Waals surface area contributed by atoms with Gasteiger partial charge in [0.1, 0.15) is 0 Å². The zero-order valence-electron chi connectivity index (χ0n) is 8.61. The van der Waals surface area contributed by atoms with E-state index in [0.717, 1.165) is 6.07 Å². The van der Waals surface area contributed by atoms with Crippen LogP contribution >= 0.6 is 15.9 Å². The average molecular weight is 308 g/mol. The van der Waals surface area contributed by atoms with Crippen molar-refractivity contribution in [1.29, 1.82) is 0 Å². The Hall–Kier alpha value is -1.24. The van der Waals surface area contributed by atoms with E-state index in [9.17, 15) is 13.2 Å². The van der Waals surface area contributed by atoms with Crippen molar-refractivity contribution >= 4 is 27.6 Å². The molecule has 0 fully saturated rings. The molecular weight excluding hydrogens is 299 g/mol. The lowest BCUT2D eigenvalue weighted by Gasteiger charge is -2.14. The van der Waals surface area contributed by atoms with Crippen LogP contribution in [-0.2, 0) is 6.18 Å². The average Bonchev–Trinajstić information content (AvgIpc) is 2.72. The first-order chi connectivity index (χ1) is 7.97. The third kappa shape index (κ3) is 2.91. The van der Waals surface area contributed by atoms with E-state index >= 15 is 0 Å². The van der Waals surface area contributed by atoms with Crippen LogP contribution in [0.4, 0.5) is 18.9 Å². The molecule has 7 heteroatoms. The summed E-state index contributed by atoms with van der Waals surface area (Å²) in [6.07, 6.45) is -4.40. The summed E-state index contributed by atoms with van der Waals surface area (Å²) in [6, 6.07) is 3.96. The van der Waals surface area contributed by atoms with Crippen LogP contribution in [0.5, 0.6) is 0 Å². The van der Waals surface area contributed by atoms with Gasteiger partial charge in [0.2, 0.25) is 0 Å². The number of hydrogen-bond acceptors (Lipinski definition) is 3. The third-order valence-electron chi connectivity index (χ3n) is 2.21. The molecule has 1 heterocycles. The lowest BCUT2D eigenvalue weighted by atomic mass is 10.1. The Balaban J connectivity index is 2.32. The molecule has 2 N–H and O–H groups in total. The zero-order chi connectivity index (χ0) is 12.5. The van der Waals surface area contributed by atoms with Gasteiger partial charge in [0, 0.05) is 11.0 Å². The molecule has 1 aromatic carbocycles. The van der Waals surface area contributed by atoms with Gasteiger partial charge >= 0.3 is 6.18 Å². The van der Waals surface area contributed by atoms with E-state index < -0.39 is 11.7 Å². The third-order valence-corrected chi connectivity index (χ3v) is 2.71. The number of halogens is 4. The second kappa shape index (κ2) is 4.56. The van der Waals surface area contributed by atoms with Gasteiger partial charge in [0.05, 0.1) is 17.8 Å². The minimum absolute atomic E-state index is 0.00569. The molecule has 2 rings (SSSR count). The van der Waals surface area contributed by atoms with Crippen LogP contribution in [0.15, 0.2) is 27.7 Å². The Morgan fingerprint density at radius 2 is 2.12 bits per heavy atom. The maximum atomic E-state index is 12.8. The van der Waals surface area contributed by atoms with E-state index in [1.54, 1.807) is 6.07 Å². The number of aliphatic imine (C=N–C) groups is 1. The molecule has 0 radical (unpaired) electrons. The molecular formula is C10H9BrF3N3. The highest BCUT2D eigenvalue weighted by atomic mass is 79.9. The van der Waals surface area contributed by atoms with Gasteiger partial charge in [0.15, 0.2) is 5.96 Å². The van der Waals surface area contributed by atoms with Gasteiger partial charge in [-0.25, -0.2) is 0 Å². The maximum absolute atomic E-state index is 12.8. The van der Waals surface area contributed by atoms with Gasteiger partial charge in [0.25, 0.3) is 0 Å². The molecule has 0 saturated heterocycles. The van der Waals surface area contributed by atoms with Crippen molar-refractivity contribution in [3.05, 3.63) is 28.2 Å². The molecule has 0 saturated carbocycles. The zero-order valence-corrected chi connectivity index (χ0v) is 10.2. The molecule has 0 atom stereocenters. The number of alkyl halides is 3. The monoisotopic (exact) mass is 307 g/mol. The Kier molecular flexibility index (Phi) is 3.28. The molecule has 0 aliphatic carbocycles. The van der Waals surface area contributed by atoms with E-state index in [4.69, 9.17) is 0 Å². The summed E-state index contributed by atoms with van der Waals surface area (Å²) in [7, 11) is 0. The van der Waals surface area contributed by atoms with Crippen molar-refractivity contribution in [2.24, 2.45) is 4.99 Å². The van der Waals surface area contributed by atoms with E-state index in [0.29, 0.717) is 23.5 Å². The van der Waals surface area contributed by atoms with Gasteiger partial charge < -0.3 is 10.6 Å². The van der Waals surface area contributed by atoms with Crippen molar-refractivity contribution in [1.82, 2.24) is 5.32 Å². The molecule has 0 bridgehead atoms. The minimum atomic E-state index is -4.40. The van der Waals surface area contributed by atoms with Crippen LogP contribution in [0.25, 0.3) is 0 Å². The Labute approximate surface area is 104 Å². The summed E-state index contributed by atoms with van der Waals surface area (Å²) in [6.45, 7) is 1.21. The summed E-state index contributed by atoms with van der Waals surface area (Å²) < 4.78 is 38.7. The number of rotatable bonds is 1. The topological polar surface area (TPSA) is 36.4 Å². The van der Waals surface area contributed by atoms with Crippen molar-refractivity contribution in [3.63, 3.8) is 0 Å². The summed E-state index contributed by atoms with van der Waals surface area (Å²) in [5, 5.41) is 5.50. The highest BCUT2D eigenvalue weighted by molar-refractivity contribution is 9.10. The van der Waals surface area contributed by atoms with Crippen LogP contribution in [0.3, 0.4) is 0 Å². The fourth-order valence-electron chi connectivity index (χ4n) is 1.47. The number of anilines is 1. The summed E-state index contributed by atoms with van der Waals surface area (Å²) in [4.78, 5) is 3.99. The van der Waals surface area contributed by atoms with Crippen LogP contribution in [0, 0.1) is 0 Å². The highest BCUT2D eigenvalue weighted by Gasteiger charge is 2.34. The summed E-state index contributed by atoms with van der Waals surface area (Å²) >= 11 is 3.03. The first-order valence-corrected chi connectivity index (χ1v) is 5.68. The molecule has 92 valence electrons. The number of nitrogens with zero attached hydrogens (tertiary/aromatic N) is 1. The molecule has 1 aliphatic rings. The smallest absolute Gasteiger partial charge is 0.354 e. The van der Waals surface area contributed by atoms with E-state index in [2.05, 4.69) is 31.6 Å². The molecule has 0 amide bonds. The van der Waals surface area contributed by atoms with Gasteiger partial charge in [-0.3, -0.25) is 4.99 Å². The van der Waals surface area contributed by atoms with Gasteiger partial charge in [-0.1, -0.05) is 15.9 Å². The number of benzene rings is 1. The Bertz CT molecular complexity index is 457. The van der Waals surface area contributed by atoms with Gasteiger partial charge in [-0.15, -0.1) is 0 Å². The first-order valence-electron chi connectivity index (χ1n) is 4.89. The van der Waals surface area contributed by atoms with E-state index in [1.807, 2.05) is 0 Å². The van der Waals surface area contributed by atoms with Crippen LogP contribution in [0.1, 0.15) is 5.56 Å². The quantitative estimate of drug-likeness (QED) is 0.837. The van der Waals surface area contributed by atoms with Gasteiger partial charge in [-0.05, 0) is 18.2 Å². The molecule has 17 heavy (non-hydrogen) atoms.